The summed E-state index contributed by atoms with van der Waals surface area (Å²) in [5.74, 6) is 2.21. The Morgan fingerprint density at radius 2 is 1.77 bits per heavy atom. The van der Waals surface area contributed by atoms with E-state index in [1.807, 2.05) is 55.4 Å². The van der Waals surface area contributed by atoms with Crippen LogP contribution in [0.3, 0.4) is 0 Å². The van der Waals surface area contributed by atoms with E-state index in [1.54, 1.807) is 6.20 Å². The first-order valence-electron chi connectivity index (χ1n) is 13.3. The number of terminal acetylenes is 1. The van der Waals surface area contributed by atoms with Crippen molar-refractivity contribution in [2.24, 2.45) is 0 Å². The van der Waals surface area contributed by atoms with Gasteiger partial charge in [-0.25, -0.2) is 9.78 Å². The molecule has 0 atom stereocenters. The number of amides is 2. The molecule has 1 aliphatic carbocycles. The number of urea groups is 1. The molecule has 0 saturated carbocycles. The Balaban J connectivity index is 1.39. The number of benzene rings is 1. The number of hydrogen-bond acceptors (Lipinski definition) is 5. The lowest BCUT2D eigenvalue weighted by molar-refractivity contribution is -0.119. The molecule has 3 aromatic heterocycles. The molecule has 0 N–H and O–H groups in total. The van der Waals surface area contributed by atoms with E-state index in [9.17, 15) is 14.4 Å². The second-order valence-corrected chi connectivity index (χ2v) is 10.3. The summed E-state index contributed by atoms with van der Waals surface area (Å²) < 4.78 is 3.68. The third-order valence-corrected chi connectivity index (χ3v) is 7.97. The lowest BCUT2D eigenvalue weighted by atomic mass is 9.98. The van der Waals surface area contributed by atoms with Crippen molar-refractivity contribution in [1.29, 1.82) is 0 Å². The summed E-state index contributed by atoms with van der Waals surface area (Å²) in [5.41, 5.74) is 4.71. The fraction of sp³-hybridized carbons (Fsp3) is 0.300. The summed E-state index contributed by atoms with van der Waals surface area (Å²) in [6.45, 7) is 2.91. The van der Waals surface area contributed by atoms with Gasteiger partial charge in [0.05, 0.1) is 41.5 Å². The Bertz CT molecular complexity index is 1780. The maximum Gasteiger partial charge on any atom is 0.320 e. The molecule has 1 saturated heterocycles. The number of rotatable bonds is 2. The average molecular weight is 519 g/mol. The number of carbonyl (C=O) groups is 3. The fourth-order valence-corrected chi connectivity index (χ4v) is 6.14. The quantitative estimate of drug-likeness (QED) is 0.299. The molecule has 7 rings (SSSR count). The van der Waals surface area contributed by atoms with Crippen molar-refractivity contribution in [1.82, 2.24) is 29.0 Å². The van der Waals surface area contributed by atoms with E-state index >= 15 is 0 Å². The summed E-state index contributed by atoms with van der Waals surface area (Å²) in [6, 6.07) is 9.40. The molecule has 3 aliphatic rings. The second-order valence-electron chi connectivity index (χ2n) is 10.3. The van der Waals surface area contributed by atoms with Crippen molar-refractivity contribution in [3.63, 3.8) is 0 Å². The molecule has 9 nitrogen and oxygen atoms in total. The Labute approximate surface area is 224 Å². The van der Waals surface area contributed by atoms with Gasteiger partial charge in [-0.2, -0.15) is 5.10 Å². The molecule has 2 amide bonds. The van der Waals surface area contributed by atoms with Gasteiger partial charge in [0.2, 0.25) is 0 Å². The number of carbonyl (C=O) groups excluding carboxylic acids is 3. The molecule has 0 radical (unpaired) electrons. The van der Waals surface area contributed by atoms with E-state index in [0.717, 1.165) is 48.8 Å². The minimum atomic E-state index is -0.265. The summed E-state index contributed by atoms with van der Waals surface area (Å²) >= 11 is 0. The number of nitrogens with zero attached hydrogens (tertiary/aromatic N) is 6. The summed E-state index contributed by atoms with van der Waals surface area (Å²) in [6.07, 6.45) is 12.3. The van der Waals surface area contributed by atoms with Gasteiger partial charge >= 0.3 is 6.03 Å². The predicted molar refractivity (Wildman–Crippen MR) is 146 cm³/mol. The van der Waals surface area contributed by atoms with Gasteiger partial charge in [-0.15, -0.1) is 6.42 Å². The molecule has 1 fully saturated rings. The van der Waals surface area contributed by atoms with Crippen LogP contribution in [0.15, 0.2) is 42.7 Å². The maximum absolute atomic E-state index is 13.4. The van der Waals surface area contributed by atoms with Gasteiger partial charge in [-0.05, 0) is 49.1 Å². The van der Waals surface area contributed by atoms with E-state index in [4.69, 9.17) is 11.5 Å². The van der Waals surface area contributed by atoms with Gasteiger partial charge < -0.3 is 9.80 Å². The molecule has 194 valence electrons. The van der Waals surface area contributed by atoms with Gasteiger partial charge in [-0.3, -0.25) is 18.7 Å². The Kier molecular flexibility index (Phi) is 5.37. The average Bonchev–Trinajstić information content (AvgIpc) is 3.58. The summed E-state index contributed by atoms with van der Waals surface area (Å²) in [5, 5.41) is 5.62. The normalized spacial score (nSPS) is 17.8. The first-order valence-corrected chi connectivity index (χ1v) is 13.3. The molecule has 2 aliphatic heterocycles. The first kappa shape index (κ1) is 23.4. The van der Waals surface area contributed by atoms with Crippen LogP contribution in [-0.4, -0.2) is 66.2 Å². The number of piperidine rings is 1. The highest BCUT2D eigenvalue weighted by atomic mass is 16.2. The highest BCUT2D eigenvalue weighted by molar-refractivity contribution is 6.51. The van der Waals surface area contributed by atoms with Gasteiger partial charge in [0, 0.05) is 43.3 Å². The zero-order valence-corrected chi connectivity index (χ0v) is 21.4. The fourth-order valence-electron chi connectivity index (χ4n) is 6.14. The number of hydrogen-bond donors (Lipinski definition) is 0. The van der Waals surface area contributed by atoms with E-state index in [-0.39, 0.29) is 24.0 Å². The number of aromatic nitrogens is 4. The van der Waals surface area contributed by atoms with Gasteiger partial charge in [-0.1, -0.05) is 12.0 Å². The van der Waals surface area contributed by atoms with E-state index in [1.165, 1.54) is 0 Å². The van der Waals surface area contributed by atoms with Crippen molar-refractivity contribution in [3.8, 4) is 12.3 Å². The van der Waals surface area contributed by atoms with Crippen LogP contribution >= 0.6 is 0 Å². The number of imidazole rings is 1. The zero-order valence-electron chi connectivity index (χ0n) is 21.4. The van der Waals surface area contributed by atoms with Gasteiger partial charge in [0.1, 0.15) is 11.3 Å². The first-order chi connectivity index (χ1) is 19.0. The van der Waals surface area contributed by atoms with Crippen LogP contribution in [0.25, 0.3) is 27.7 Å². The van der Waals surface area contributed by atoms with Crippen LogP contribution < -0.4 is 0 Å². The van der Waals surface area contributed by atoms with Crippen molar-refractivity contribution in [2.75, 3.05) is 19.6 Å². The van der Waals surface area contributed by atoms with E-state index in [2.05, 4.69) is 10.9 Å². The molecule has 0 unspecified atom stereocenters. The lowest BCUT2D eigenvalue weighted by Gasteiger charge is -2.32. The summed E-state index contributed by atoms with van der Waals surface area (Å²) in [4.78, 5) is 48.2. The van der Waals surface area contributed by atoms with Gasteiger partial charge in [0.25, 0.3) is 0 Å². The number of Topliss-reactive ketones (excluding diaryl/α,β-unsaturated/α-hetero) is 2. The van der Waals surface area contributed by atoms with Crippen molar-refractivity contribution >= 4 is 45.3 Å². The molecule has 1 aromatic carbocycles. The minimum absolute atomic E-state index is 0.0362. The summed E-state index contributed by atoms with van der Waals surface area (Å²) in [7, 11) is 0. The molecule has 39 heavy (non-hydrogen) atoms. The Morgan fingerprint density at radius 1 is 0.949 bits per heavy atom. The maximum atomic E-state index is 13.4. The monoisotopic (exact) mass is 518 g/mol. The van der Waals surface area contributed by atoms with Crippen LogP contribution in [0.1, 0.15) is 48.2 Å². The van der Waals surface area contributed by atoms with Crippen molar-refractivity contribution < 1.29 is 14.4 Å². The SMILES string of the molecule is C#Cc1cc2c3c(c1)c(C1=C(c4cnc5ccccn45)C(=O)CC1=O)nn3CCN(C(=O)N1CCCCC1)C2. The highest BCUT2D eigenvalue weighted by Crippen LogP contribution is 2.39. The minimum Gasteiger partial charge on any atom is -0.325 e. The van der Waals surface area contributed by atoms with Crippen LogP contribution in [0, 0.1) is 12.3 Å². The molecular formula is C30H26N6O3. The number of likely N-dealkylation sites (tertiary alicyclic amines) is 1. The Morgan fingerprint density at radius 3 is 2.59 bits per heavy atom. The van der Waals surface area contributed by atoms with Crippen LogP contribution in [-0.2, 0) is 22.7 Å². The molecule has 5 heterocycles. The van der Waals surface area contributed by atoms with E-state index in [0.29, 0.717) is 53.4 Å². The molecule has 9 heteroatoms. The number of ketones is 2. The van der Waals surface area contributed by atoms with Crippen molar-refractivity contribution in [3.05, 3.63) is 65.2 Å². The molecule has 0 bridgehead atoms. The van der Waals surface area contributed by atoms with Crippen LogP contribution in [0.5, 0.6) is 0 Å². The van der Waals surface area contributed by atoms with E-state index < -0.39 is 0 Å². The highest BCUT2D eigenvalue weighted by Gasteiger charge is 2.37. The molecule has 4 aromatic rings. The smallest absolute Gasteiger partial charge is 0.320 e. The third kappa shape index (κ3) is 3.67. The number of allylic oxidation sites excluding steroid dienone is 2. The molecule has 0 spiro atoms. The lowest BCUT2D eigenvalue weighted by Crippen LogP contribution is -2.45. The van der Waals surface area contributed by atoms with Crippen LogP contribution in [0.4, 0.5) is 4.79 Å². The van der Waals surface area contributed by atoms with Crippen LogP contribution in [0.2, 0.25) is 0 Å². The second kappa shape index (κ2) is 8.95. The largest absolute Gasteiger partial charge is 0.325 e. The predicted octanol–water partition coefficient (Wildman–Crippen LogP) is 3.54. The van der Waals surface area contributed by atoms with Gasteiger partial charge in [0.15, 0.2) is 11.6 Å². The molecular weight excluding hydrogens is 492 g/mol. The number of fused-ring (bicyclic) bond motifs is 1. The topological polar surface area (TPSA) is 92.8 Å². The third-order valence-electron chi connectivity index (χ3n) is 7.97. The number of pyridine rings is 1. The van der Waals surface area contributed by atoms with Crippen molar-refractivity contribution in [2.45, 2.75) is 38.8 Å². The zero-order chi connectivity index (χ0) is 26.7. The standard InChI is InChI=1S/C30H26N6O3/c1-2-19-14-20-18-34(30(39)33-9-5-3-6-10-33)12-13-36-29(20)21(15-19)28(32-36)27-24(38)16-23(37)26(27)22-17-31-25-8-4-7-11-35(22)25/h1,4,7-8,11,14-15,17H,3,5-6,9-10,12-13,16,18H2. The Hall–Kier alpha value is -4.71.